The molecule has 1 aromatic rings. The third-order valence-corrected chi connectivity index (χ3v) is 3.22. The van der Waals surface area contributed by atoms with Gasteiger partial charge in [-0.3, -0.25) is 0 Å². The van der Waals surface area contributed by atoms with Gasteiger partial charge in [-0.1, -0.05) is 25.1 Å². The number of aliphatic hydroxyl groups is 1. The lowest BCUT2D eigenvalue weighted by Gasteiger charge is -2.15. The molecule has 94 valence electrons. The highest BCUT2D eigenvalue weighted by Crippen LogP contribution is 2.43. The summed E-state index contributed by atoms with van der Waals surface area (Å²) >= 11 is 0. The second-order valence-corrected chi connectivity index (χ2v) is 5.22. The van der Waals surface area contributed by atoms with E-state index in [1.807, 2.05) is 30.3 Å². The van der Waals surface area contributed by atoms with Crippen molar-refractivity contribution in [2.45, 2.75) is 25.9 Å². The van der Waals surface area contributed by atoms with Crippen LogP contribution >= 0.6 is 0 Å². The van der Waals surface area contributed by atoms with Crippen molar-refractivity contribution < 1.29 is 9.84 Å². The number of benzene rings is 1. The Bertz CT molecular complexity index is 335. The third kappa shape index (κ3) is 4.36. The van der Waals surface area contributed by atoms with Crippen molar-refractivity contribution in [3.8, 4) is 5.75 Å². The molecule has 1 aliphatic carbocycles. The topological polar surface area (TPSA) is 41.5 Å². The second kappa shape index (κ2) is 5.52. The van der Waals surface area contributed by atoms with E-state index in [9.17, 15) is 5.11 Å². The normalized spacial score (nSPS) is 18.7. The number of ether oxygens (including phenoxy) is 1. The van der Waals surface area contributed by atoms with Gasteiger partial charge in [0, 0.05) is 13.1 Å². The Kier molecular flexibility index (Phi) is 4.02. The lowest BCUT2D eigenvalue weighted by atomic mass is 10.1. The molecule has 1 unspecified atom stereocenters. The standard InChI is InChI=1S/C14H21NO2/c1-14(7-8-14)11-15-9-12(16)10-17-13-5-3-2-4-6-13/h2-6,12,15-16H,7-11H2,1H3. The summed E-state index contributed by atoms with van der Waals surface area (Å²) in [4.78, 5) is 0. The van der Waals surface area contributed by atoms with E-state index in [-0.39, 0.29) is 0 Å². The van der Waals surface area contributed by atoms with Gasteiger partial charge in [-0.2, -0.15) is 0 Å². The molecule has 0 spiro atoms. The van der Waals surface area contributed by atoms with Crippen LogP contribution in [0.1, 0.15) is 19.8 Å². The first kappa shape index (κ1) is 12.4. The molecule has 1 aromatic carbocycles. The number of aliphatic hydroxyl groups excluding tert-OH is 1. The maximum atomic E-state index is 9.74. The maximum absolute atomic E-state index is 9.74. The molecule has 17 heavy (non-hydrogen) atoms. The fourth-order valence-electron chi connectivity index (χ4n) is 1.70. The van der Waals surface area contributed by atoms with E-state index in [1.165, 1.54) is 12.8 Å². The van der Waals surface area contributed by atoms with Crippen molar-refractivity contribution in [1.29, 1.82) is 0 Å². The quantitative estimate of drug-likeness (QED) is 0.757. The molecule has 1 fully saturated rings. The van der Waals surface area contributed by atoms with Gasteiger partial charge in [0.15, 0.2) is 0 Å². The summed E-state index contributed by atoms with van der Waals surface area (Å²) in [6.07, 6.45) is 2.16. The highest BCUT2D eigenvalue weighted by atomic mass is 16.5. The Morgan fingerprint density at radius 3 is 2.71 bits per heavy atom. The molecule has 0 heterocycles. The summed E-state index contributed by atoms with van der Waals surface area (Å²) in [7, 11) is 0. The molecule has 0 bridgehead atoms. The van der Waals surface area contributed by atoms with Crippen LogP contribution < -0.4 is 10.1 Å². The SMILES string of the molecule is CC1(CNCC(O)COc2ccccc2)CC1. The molecule has 2 N–H and O–H groups in total. The van der Waals surface area contributed by atoms with Crippen LogP contribution in [0.3, 0.4) is 0 Å². The highest BCUT2D eigenvalue weighted by molar-refractivity contribution is 5.20. The Morgan fingerprint density at radius 1 is 1.35 bits per heavy atom. The fourth-order valence-corrected chi connectivity index (χ4v) is 1.70. The number of hydrogen-bond acceptors (Lipinski definition) is 3. The van der Waals surface area contributed by atoms with Gasteiger partial charge in [0.25, 0.3) is 0 Å². The monoisotopic (exact) mass is 235 g/mol. The van der Waals surface area contributed by atoms with Gasteiger partial charge in [-0.25, -0.2) is 0 Å². The van der Waals surface area contributed by atoms with Gasteiger partial charge in [0.05, 0.1) is 0 Å². The molecule has 0 radical (unpaired) electrons. The van der Waals surface area contributed by atoms with Crippen molar-refractivity contribution in [3.63, 3.8) is 0 Å². The molecule has 0 amide bonds. The zero-order valence-electron chi connectivity index (χ0n) is 10.4. The summed E-state index contributed by atoms with van der Waals surface area (Å²) in [5, 5.41) is 13.0. The number of nitrogens with one attached hydrogen (secondary N) is 1. The fraction of sp³-hybridized carbons (Fsp3) is 0.571. The van der Waals surface area contributed by atoms with Crippen LogP contribution in [0.4, 0.5) is 0 Å². The molecule has 3 heteroatoms. The smallest absolute Gasteiger partial charge is 0.119 e. The van der Waals surface area contributed by atoms with Gasteiger partial charge in [-0.05, 0) is 30.4 Å². The summed E-state index contributed by atoms with van der Waals surface area (Å²) in [6.45, 7) is 4.21. The molecule has 0 aliphatic heterocycles. The van der Waals surface area contributed by atoms with Crippen LogP contribution in [-0.4, -0.2) is 30.9 Å². The Labute approximate surface area is 103 Å². The molecular formula is C14H21NO2. The summed E-state index contributed by atoms with van der Waals surface area (Å²) in [5.41, 5.74) is 0.486. The van der Waals surface area contributed by atoms with E-state index in [2.05, 4.69) is 12.2 Å². The van der Waals surface area contributed by atoms with E-state index in [1.54, 1.807) is 0 Å². The minimum absolute atomic E-state index is 0.341. The highest BCUT2D eigenvalue weighted by Gasteiger charge is 2.36. The first-order valence-corrected chi connectivity index (χ1v) is 6.25. The number of hydrogen-bond donors (Lipinski definition) is 2. The van der Waals surface area contributed by atoms with Crippen LogP contribution in [0.5, 0.6) is 5.75 Å². The molecule has 1 aliphatic rings. The molecular weight excluding hydrogens is 214 g/mol. The third-order valence-electron chi connectivity index (χ3n) is 3.22. The van der Waals surface area contributed by atoms with Crippen LogP contribution in [0.2, 0.25) is 0 Å². The molecule has 3 nitrogen and oxygen atoms in total. The Balaban J connectivity index is 1.59. The summed E-state index contributed by atoms with van der Waals surface area (Å²) in [6, 6.07) is 9.58. The van der Waals surface area contributed by atoms with Gasteiger partial charge >= 0.3 is 0 Å². The summed E-state index contributed by atoms with van der Waals surface area (Å²) < 4.78 is 5.48. The molecule has 1 saturated carbocycles. The van der Waals surface area contributed by atoms with Gasteiger partial charge in [0.2, 0.25) is 0 Å². The van der Waals surface area contributed by atoms with Crippen molar-refractivity contribution in [1.82, 2.24) is 5.32 Å². The molecule has 1 atom stereocenters. The van der Waals surface area contributed by atoms with Crippen molar-refractivity contribution in [2.24, 2.45) is 5.41 Å². The first-order chi connectivity index (χ1) is 8.18. The van der Waals surface area contributed by atoms with E-state index in [4.69, 9.17) is 4.74 Å². The average molecular weight is 235 g/mol. The van der Waals surface area contributed by atoms with Crippen molar-refractivity contribution in [3.05, 3.63) is 30.3 Å². The lowest BCUT2D eigenvalue weighted by Crippen LogP contribution is -2.34. The van der Waals surface area contributed by atoms with Gasteiger partial charge < -0.3 is 15.2 Å². The molecule has 2 rings (SSSR count). The van der Waals surface area contributed by atoms with Crippen molar-refractivity contribution in [2.75, 3.05) is 19.7 Å². The number of para-hydroxylation sites is 1. The average Bonchev–Trinajstić information content (AvgIpc) is 3.06. The van der Waals surface area contributed by atoms with Crippen molar-refractivity contribution >= 4 is 0 Å². The Hall–Kier alpha value is -1.06. The van der Waals surface area contributed by atoms with E-state index >= 15 is 0 Å². The van der Waals surface area contributed by atoms with Crippen LogP contribution in [-0.2, 0) is 0 Å². The van der Waals surface area contributed by atoms with Crippen LogP contribution in [0, 0.1) is 5.41 Å². The maximum Gasteiger partial charge on any atom is 0.119 e. The van der Waals surface area contributed by atoms with Gasteiger partial charge in [0.1, 0.15) is 18.5 Å². The number of rotatable bonds is 7. The zero-order chi connectivity index (χ0) is 12.1. The predicted octanol–water partition coefficient (Wildman–Crippen LogP) is 1.82. The minimum Gasteiger partial charge on any atom is -0.491 e. The zero-order valence-corrected chi connectivity index (χ0v) is 10.4. The Morgan fingerprint density at radius 2 is 2.06 bits per heavy atom. The van der Waals surface area contributed by atoms with Gasteiger partial charge in [-0.15, -0.1) is 0 Å². The van der Waals surface area contributed by atoms with Crippen LogP contribution in [0.25, 0.3) is 0 Å². The minimum atomic E-state index is -0.447. The molecule has 0 saturated heterocycles. The second-order valence-electron chi connectivity index (χ2n) is 5.22. The van der Waals surface area contributed by atoms with E-state index in [0.717, 1.165) is 12.3 Å². The first-order valence-electron chi connectivity index (χ1n) is 6.25. The van der Waals surface area contributed by atoms with E-state index in [0.29, 0.717) is 18.6 Å². The van der Waals surface area contributed by atoms with Crippen LogP contribution in [0.15, 0.2) is 30.3 Å². The molecule has 0 aromatic heterocycles. The predicted molar refractivity (Wildman–Crippen MR) is 68.2 cm³/mol. The lowest BCUT2D eigenvalue weighted by molar-refractivity contribution is 0.105. The summed E-state index contributed by atoms with van der Waals surface area (Å²) in [5.74, 6) is 0.806. The van der Waals surface area contributed by atoms with E-state index < -0.39 is 6.10 Å². The largest absolute Gasteiger partial charge is 0.491 e.